The molecule has 0 aliphatic heterocycles. The maximum atomic E-state index is 12.1. The van der Waals surface area contributed by atoms with Gasteiger partial charge in [-0.15, -0.1) is 0 Å². The van der Waals surface area contributed by atoms with Crippen LogP contribution in [0.1, 0.15) is 42.0 Å². The van der Waals surface area contributed by atoms with Crippen molar-refractivity contribution in [3.05, 3.63) is 34.4 Å². The van der Waals surface area contributed by atoms with Gasteiger partial charge in [-0.2, -0.15) is 0 Å². The van der Waals surface area contributed by atoms with Crippen LogP contribution in [-0.2, 0) is 19.1 Å². The van der Waals surface area contributed by atoms with Crippen LogP contribution in [0.5, 0.6) is 0 Å². The molecular formula is C16H20O4. The lowest BCUT2D eigenvalue weighted by atomic mass is 9.86. The zero-order valence-electron chi connectivity index (χ0n) is 12.6. The summed E-state index contributed by atoms with van der Waals surface area (Å²) in [5, 5.41) is 0. The first-order valence-corrected chi connectivity index (χ1v) is 6.58. The number of rotatable bonds is 5. The van der Waals surface area contributed by atoms with Gasteiger partial charge in [0, 0.05) is 0 Å². The van der Waals surface area contributed by atoms with Crippen molar-refractivity contribution in [2.75, 3.05) is 6.61 Å². The van der Waals surface area contributed by atoms with Crippen molar-refractivity contribution in [3.8, 4) is 0 Å². The summed E-state index contributed by atoms with van der Waals surface area (Å²) >= 11 is 0. The van der Waals surface area contributed by atoms with E-state index in [4.69, 9.17) is 4.74 Å². The Balaban J connectivity index is 3.28. The maximum Gasteiger partial charge on any atom is 0.375 e. The van der Waals surface area contributed by atoms with Crippen LogP contribution in [0, 0.1) is 20.8 Å². The van der Waals surface area contributed by atoms with Crippen molar-refractivity contribution in [3.63, 3.8) is 0 Å². The molecule has 20 heavy (non-hydrogen) atoms. The molecule has 0 aliphatic carbocycles. The highest BCUT2D eigenvalue weighted by Gasteiger charge is 2.32. The Hall–Kier alpha value is -1.97. The Bertz CT molecular complexity index is 558. The first kappa shape index (κ1) is 16.1. The van der Waals surface area contributed by atoms with Crippen molar-refractivity contribution in [2.45, 2.75) is 40.5 Å². The van der Waals surface area contributed by atoms with E-state index in [0.717, 1.165) is 16.7 Å². The number of carbonyl (C=O) groups excluding carboxylic acids is 3. The van der Waals surface area contributed by atoms with E-state index in [1.165, 1.54) is 6.92 Å². The molecule has 0 aliphatic rings. The Kier molecular flexibility index (Phi) is 5.19. The van der Waals surface area contributed by atoms with Crippen molar-refractivity contribution >= 4 is 17.5 Å². The average Bonchev–Trinajstić information content (AvgIpc) is 2.35. The lowest BCUT2D eigenvalue weighted by Gasteiger charge is -2.16. The largest absolute Gasteiger partial charge is 0.460 e. The minimum Gasteiger partial charge on any atom is -0.460 e. The van der Waals surface area contributed by atoms with E-state index in [1.54, 1.807) is 13.0 Å². The molecule has 0 aromatic heterocycles. The fraction of sp³-hybridized carbons (Fsp3) is 0.438. The monoisotopic (exact) mass is 276 g/mol. The number of ether oxygens (including phenoxy) is 1. The number of hydrogen-bond acceptors (Lipinski definition) is 4. The molecule has 0 spiro atoms. The van der Waals surface area contributed by atoms with Crippen molar-refractivity contribution in [2.24, 2.45) is 0 Å². The van der Waals surface area contributed by atoms with Crippen LogP contribution in [0.2, 0.25) is 0 Å². The molecular weight excluding hydrogens is 256 g/mol. The van der Waals surface area contributed by atoms with E-state index >= 15 is 0 Å². The second-order valence-corrected chi connectivity index (χ2v) is 4.92. The van der Waals surface area contributed by atoms with Gasteiger partial charge in [0.1, 0.15) is 11.7 Å². The Morgan fingerprint density at radius 1 is 1.05 bits per heavy atom. The number of carbonyl (C=O) groups is 3. The molecule has 1 atom stereocenters. The zero-order valence-corrected chi connectivity index (χ0v) is 12.6. The number of esters is 1. The summed E-state index contributed by atoms with van der Waals surface area (Å²) in [4.78, 5) is 35.5. The predicted octanol–water partition coefficient (Wildman–Crippen LogP) is 2.42. The molecule has 0 saturated heterocycles. The van der Waals surface area contributed by atoms with Gasteiger partial charge in [0.15, 0.2) is 0 Å². The van der Waals surface area contributed by atoms with Gasteiger partial charge in [-0.25, -0.2) is 4.79 Å². The van der Waals surface area contributed by atoms with Gasteiger partial charge in [-0.3, -0.25) is 9.59 Å². The van der Waals surface area contributed by atoms with E-state index < -0.39 is 17.7 Å². The summed E-state index contributed by atoms with van der Waals surface area (Å²) in [6.45, 7) is 8.75. The molecule has 0 heterocycles. The summed E-state index contributed by atoms with van der Waals surface area (Å²) in [7, 11) is 0. The lowest BCUT2D eigenvalue weighted by molar-refractivity contribution is -0.155. The van der Waals surface area contributed by atoms with Gasteiger partial charge >= 0.3 is 5.97 Å². The van der Waals surface area contributed by atoms with Gasteiger partial charge in [-0.05, 0) is 56.9 Å². The molecule has 0 amide bonds. The number of Topliss-reactive ketones (excluding diaryl/α,β-unsaturated/α-hetero) is 2. The molecule has 0 N–H and O–H groups in total. The molecule has 0 fully saturated rings. The fourth-order valence-electron chi connectivity index (χ4n) is 2.16. The molecule has 4 nitrogen and oxygen atoms in total. The van der Waals surface area contributed by atoms with Gasteiger partial charge in [0.05, 0.1) is 6.61 Å². The second-order valence-electron chi connectivity index (χ2n) is 4.92. The summed E-state index contributed by atoms with van der Waals surface area (Å²) in [6.07, 6.45) is 0. The van der Waals surface area contributed by atoms with E-state index in [2.05, 4.69) is 0 Å². The van der Waals surface area contributed by atoms with E-state index in [0.29, 0.717) is 5.56 Å². The molecule has 1 unspecified atom stereocenters. The highest BCUT2D eigenvalue weighted by atomic mass is 16.5. The smallest absolute Gasteiger partial charge is 0.375 e. The summed E-state index contributed by atoms with van der Waals surface area (Å²) in [5.74, 6) is -3.18. The SMILES string of the molecule is CCOC(=O)C(=O)C(C(C)=O)c1cc(C)c(C)cc1C. The van der Waals surface area contributed by atoms with Crippen LogP contribution < -0.4 is 0 Å². The second kappa shape index (κ2) is 6.46. The van der Waals surface area contributed by atoms with Crippen LogP contribution in [0.15, 0.2) is 12.1 Å². The summed E-state index contributed by atoms with van der Waals surface area (Å²) in [5.41, 5.74) is 3.47. The third-order valence-electron chi connectivity index (χ3n) is 3.34. The number of ketones is 2. The number of hydrogen-bond donors (Lipinski definition) is 0. The van der Waals surface area contributed by atoms with Crippen molar-refractivity contribution < 1.29 is 19.1 Å². The third kappa shape index (κ3) is 3.32. The van der Waals surface area contributed by atoms with Gasteiger partial charge < -0.3 is 4.74 Å². The molecule has 1 aromatic rings. The molecule has 0 bridgehead atoms. The maximum absolute atomic E-state index is 12.1. The minimum atomic E-state index is -1.08. The van der Waals surface area contributed by atoms with Crippen LogP contribution >= 0.6 is 0 Å². The molecule has 1 aromatic carbocycles. The van der Waals surface area contributed by atoms with E-state index in [1.807, 2.05) is 26.8 Å². The number of benzene rings is 1. The highest BCUT2D eigenvalue weighted by molar-refractivity contribution is 6.40. The van der Waals surface area contributed by atoms with Crippen molar-refractivity contribution in [1.82, 2.24) is 0 Å². The van der Waals surface area contributed by atoms with E-state index in [9.17, 15) is 14.4 Å². The van der Waals surface area contributed by atoms with E-state index in [-0.39, 0.29) is 12.4 Å². The molecule has 1 rings (SSSR count). The molecule has 0 saturated carbocycles. The quantitative estimate of drug-likeness (QED) is 0.471. The zero-order chi connectivity index (χ0) is 15.4. The van der Waals surface area contributed by atoms with Gasteiger partial charge in [0.25, 0.3) is 5.78 Å². The lowest BCUT2D eigenvalue weighted by Crippen LogP contribution is -2.29. The summed E-state index contributed by atoms with van der Waals surface area (Å²) < 4.78 is 4.71. The fourth-order valence-corrected chi connectivity index (χ4v) is 2.16. The topological polar surface area (TPSA) is 60.4 Å². The Labute approximate surface area is 119 Å². The Morgan fingerprint density at radius 3 is 2.10 bits per heavy atom. The van der Waals surface area contributed by atoms with Crippen LogP contribution in [0.3, 0.4) is 0 Å². The molecule has 4 heteroatoms. The average molecular weight is 276 g/mol. The van der Waals surface area contributed by atoms with Crippen LogP contribution in [-0.4, -0.2) is 24.1 Å². The third-order valence-corrected chi connectivity index (χ3v) is 3.34. The Morgan fingerprint density at radius 2 is 1.60 bits per heavy atom. The highest BCUT2D eigenvalue weighted by Crippen LogP contribution is 2.25. The first-order chi connectivity index (χ1) is 9.29. The number of aryl methyl sites for hydroxylation is 3. The summed E-state index contributed by atoms with van der Waals surface area (Å²) in [6, 6.07) is 3.72. The molecule has 0 radical (unpaired) electrons. The minimum absolute atomic E-state index is 0.112. The van der Waals surface area contributed by atoms with Crippen LogP contribution in [0.4, 0.5) is 0 Å². The van der Waals surface area contributed by atoms with Gasteiger partial charge in [-0.1, -0.05) is 12.1 Å². The van der Waals surface area contributed by atoms with Crippen LogP contribution in [0.25, 0.3) is 0 Å². The predicted molar refractivity (Wildman–Crippen MR) is 75.7 cm³/mol. The van der Waals surface area contributed by atoms with Crippen molar-refractivity contribution in [1.29, 1.82) is 0 Å². The standard InChI is InChI=1S/C16H20O4/c1-6-20-16(19)15(18)14(12(5)17)13-8-10(3)9(2)7-11(13)4/h7-8,14H,6H2,1-5H3. The van der Waals surface area contributed by atoms with Gasteiger partial charge in [0.2, 0.25) is 0 Å². The normalized spacial score (nSPS) is 11.8. The molecule has 108 valence electrons. The first-order valence-electron chi connectivity index (χ1n) is 6.58.